The van der Waals surface area contributed by atoms with Gasteiger partial charge in [0.25, 0.3) is 9.70 Å². The Bertz CT molecular complexity index is 430. The van der Waals surface area contributed by atoms with E-state index in [-0.39, 0.29) is 16.5 Å². The van der Waals surface area contributed by atoms with E-state index in [1.54, 1.807) is 0 Å². The summed E-state index contributed by atoms with van der Waals surface area (Å²) in [6.07, 6.45) is -4.63. The molecule has 1 rings (SSSR count). The lowest BCUT2D eigenvalue weighted by molar-refractivity contribution is -0.138. The quantitative estimate of drug-likeness (QED) is 0.745. The third kappa shape index (κ3) is 3.57. The van der Waals surface area contributed by atoms with E-state index in [1.165, 1.54) is 0 Å². The number of hydrogen-bond donors (Lipinski definition) is 0. The van der Waals surface area contributed by atoms with E-state index in [4.69, 9.17) is 34.8 Å². The summed E-state index contributed by atoms with van der Waals surface area (Å²) in [6.45, 7) is 0. The molecule has 0 saturated carbocycles. The van der Waals surface area contributed by atoms with E-state index in [2.05, 4.69) is 10.2 Å². The van der Waals surface area contributed by atoms with Crippen LogP contribution in [0.1, 0.15) is 5.01 Å². The molecule has 0 N–H and O–H groups in total. The van der Waals surface area contributed by atoms with Crippen molar-refractivity contribution in [1.29, 1.82) is 0 Å². The molecular weight excluding hydrogens is 326 g/mol. The summed E-state index contributed by atoms with van der Waals surface area (Å²) in [5, 5.41) is 4.59. The van der Waals surface area contributed by atoms with Crippen LogP contribution in [0.5, 0.6) is 0 Å². The van der Waals surface area contributed by atoms with E-state index in [0.29, 0.717) is 4.90 Å². The van der Waals surface area contributed by atoms with Crippen LogP contribution >= 0.6 is 46.1 Å². The molecule has 0 radical (unpaired) electrons. The van der Waals surface area contributed by atoms with Crippen molar-refractivity contribution in [1.82, 2.24) is 10.2 Å². The highest BCUT2D eigenvalue weighted by molar-refractivity contribution is 7.15. The summed E-state index contributed by atoms with van der Waals surface area (Å²) in [6, 6.07) is 0. The predicted molar refractivity (Wildman–Crippen MR) is 58.6 cm³/mol. The Labute approximate surface area is 112 Å². The van der Waals surface area contributed by atoms with Crippen molar-refractivity contribution in [2.24, 2.45) is 0 Å². The second kappa shape index (κ2) is 4.75. The second-order valence-electron chi connectivity index (χ2n) is 2.75. The number of hydrogen-bond acceptors (Lipinski definition) is 4. The van der Waals surface area contributed by atoms with Crippen molar-refractivity contribution < 1.29 is 18.0 Å². The molecule has 0 aliphatic carbocycles. The third-order valence-corrected chi connectivity index (χ3v) is 3.02. The number of halogens is 6. The van der Waals surface area contributed by atoms with Crippen LogP contribution in [-0.2, 0) is 11.0 Å². The van der Waals surface area contributed by atoms with Crippen LogP contribution in [0.4, 0.5) is 18.3 Å². The van der Waals surface area contributed by atoms with Crippen molar-refractivity contribution in [2.75, 3.05) is 11.9 Å². The maximum Gasteiger partial charge on any atom is 0.445 e. The first-order valence-electron chi connectivity index (χ1n) is 3.79. The van der Waals surface area contributed by atoms with E-state index in [0.717, 1.165) is 7.05 Å². The molecule has 0 saturated heterocycles. The number of rotatable bonds is 1. The predicted octanol–water partition coefficient (Wildman–Crippen LogP) is 2.89. The monoisotopic (exact) mass is 327 g/mol. The highest BCUT2D eigenvalue weighted by Gasteiger charge is 2.39. The molecule has 11 heteroatoms. The summed E-state index contributed by atoms with van der Waals surface area (Å²) in [7, 11) is 1.13. The summed E-state index contributed by atoms with van der Waals surface area (Å²) < 4.78 is 34.4. The molecule has 0 fully saturated rings. The highest BCUT2D eigenvalue weighted by Crippen LogP contribution is 2.36. The van der Waals surface area contributed by atoms with Gasteiger partial charge in [0, 0.05) is 7.05 Å². The van der Waals surface area contributed by atoms with Crippen molar-refractivity contribution in [2.45, 2.75) is 9.97 Å². The fourth-order valence-corrected chi connectivity index (χ4v) is 1.79. The molecule has 1 heterocycles. The van der Waals surface area contributed by atoms with E-state index in [9.17, 15) is 18.0 Å². The van der Waals surface area contributed by atoms with Gasteiger partial charge in [-0.15, -0.1) is 10.2 Å². The van der Waals surface area contributed by atoms with E-state index in [1.807, 2.05) is 0 Å². The Morgan fingerprint density at radius 3 is 2.18 bits per heavy atom. The van der Waals surface area contributed by atoms with Gasteiger partial charge in [-0.3, -0.25) is 9.69 Å². The fraction of sp³-hybridized carbons (Fsp3) is 0.500. The molecule has 0 atom stereocenters. The molecule has 96 valence electrons. The van der Waals surface area contributed by atoms with Gasteiger partial charge in [-0.05, 0) is 0 Å². The van der Waals surface area contributed by atoms with Crippen LogP contribution < -0.4 is 4.90 Å². The molecule has 1 amide bonds. The number of alkyl halides is 6. The topological polar surface area (TPSA) is 46.1 Å². The van der Waals surface area contributed by atoms with Gasteiger partial charge < -0.3 is 0 Å². The average Bonchev–Trinajstić information content (AvgIpc) is 2.61. The molecule has 0 aromatic carbocycles. The molecule has 1 aromatic heterocycles. The minimum absolute atomic E-state index is 0.174. The van der Waals surface area contributed by atoms with E-state index >= 15 is 0 Å². The van der Waals surface area contributed by atoms with Crippen LogP contribution in [0.3, 0.4) is 0 Å². The minimum Gasteiger partial charge on any atom is -0.286 e. The van der Waals surface area contributed by atoms with Crippen molar-refractivity contribution in [3.05, 3.63) is 5.01 Å². The zero-order chi connectivity index (χ0) is 13.4. The molecule has 0 spiro atoms. The van der Waals surface area contributed by atoms with Gasteiger partial charge in [-0.25, -0.2) is 0 Å². The number of amides is 1. The zero-order valence-electron chi connectivity index (χ0n) is 7.93. The Morgan fingerprint density at radius 2 is 1.82 bits per heavy atom. The van der Waals surface area contributed by atoms with Crippen LogP contribution in [0.25, 0.3) is 0 Å². The molecule has 4 nitrogen and oxygen atoms in total. The smallest absolute Gasteiger partial charge is 0.286 e. The van der Waals surface area contributed by atoms with Crippen LogP contribution in [0.15, 0.2) is 0 Å². The van der Waals surface area contributed by atoms with Gasteiger partial charge in [0.05, 0.1) is 0 Å². The first kappa shape index (κ1) is 14.7. The van der Waals surface area contributed by atoms with Gasteiger partial charge in [0.15, 0.2) is 0 Å². The zero-order valence-corrected chi connectivity index (χ0v) is 11.0. The molecule has 0 unspecified atom stereocenters. The standard InChI is InChI=1S/C6H3Cl3F3N3OS/c1-15(3(16)5(7,8)9)4-14-13-2(17-4)6(10,11)12/h1H3. The van der Waals surface area contributed by atoms with Crippen molar-refractivity contribution in [3.8, 4) is 0 Å². The first-order valence-corrected chi connectivity index (χ1v) is 5.74. The largest absolute Gasteiger partial charge is 0.445 e. The Balaban J connectivity index is 2.95. The lowest BCUT2D eigenvalue weighted by Crippen LogP contribution is -2.36. The highest BCUT2D eigenvalue weighted by atomic mass is 35.6. The van der Waals surface area contributed by atoms with Crippen LogP contribution in [-0.4, -0.2) is 26.9 Å². The fourth-order valence-electron chi connectivity index (χ4n) is 0.743. The SMILES string of the molecule is CN(C(=O)C(Cl)(Cl)Cl)c1nnc(C(F)(F)F)s1. The van der Waals surface area contributed by atoms with Crippen LogP contribution in [0.2, 0.25) is 0 Å². The normalized spacial score (nSPS) is 12.6. The molecule has 0 bridgehead atoms. The summed E-state index contributed by atoms with van der Waals surface area (Å²) >= 11 is 16.1. The van der Waals surface area contributed by atoms with Gasteiger partial charge in [0.1, 0.15) is 0 Å². The third-order valence-electron chi connectivity index (χ3n) is 1.49. The molecule has 0 aliphatic rings. The first-order chi connectivity index (χ1) is 7.53. The maximum atomic E-state index is 12.2. The number of carbonyl (C=O) groups excluding carboxylic acids is 1. The van der Waals surface area contributed by atoms with Gasteiger partial charge in [-0.2, -0.15) is 13.2 Å². The molecule has 0 aliphatic heterocycles. The number of aromatic nitrogens is 2. The van der Waals surface area contributed by atoms with Crippen molar-refractivity contribution >= 4 is 57.2 Å². The average molecular weight is 329 g/mol. The number of anilines is 1. The Hall–Kier alpha value is -0.310. The lowest BCUT2D eigenvalue weighted by Gasteiger charge is -2.17. The summed E-state index contributed by atoms with van der Waals surface area (Å²) in [5.74, 6) is -1.02. The number of nitrogens with zero attached hydrogens (tertiary/aromatic N) is 3. The number of carbonyl (C=O) groups is 1. The van der Waals surface area contributed by atoms with Gasteiger partial charge in [-0.1, -0.05) is 46.1 Å². The van der Waals surface area contributed by atoms with Gasteiger partial charge >= 0.3 is 6.18 Å². The van der Waals surface area contributed by atoms with Crippen molar-refractivity contribution in [3.63, 3.8) is 0 Å². The minimum atomic E-state index is -4.63. The summed E-state index contributed by atoms with van der Waals surface area (Å²) in [4.78, 5) is 12.1. The Kier molecular flexibility index (Phi) is 4.12. The van der Waals surface area contributed by atoms with E-state index < -0.39 is 20.9 Å². The second-order valence-corrected chi connectivity index (χ2v) is 5.99. The van der Waals surface area contributed by atoms with Crippen LogP contribution in [0, 0.1) is 0 Å². The molecule has 17 heavy (non-hydrogen) atoms. The maximum absolute atomic E-state index is 12.2. The Morgan fingerprint density at radius 1 is 1.29 bits per heavy atom. The summed E-state index contributed by atoms with van der Waals surface area (Å²) in [5.41, 5.74) is 0. The lowest BCUT2D eigenvalue weighted by atomic mass is 10.6. The van der Waals surface area contributed by atoms with Gasteiger partial charge in [0.2, 0.25) is 10.1 Å². The molecule has 1 aromatic rings. The molecular formula is C6H3Cl3F3N3OS.